The van der Waals surface area contributed by atoms with Gasteiger partial charge in [-0.05, 0) is 32.9 Å². The van der Waals surface area contributed by atoms with Crippen LogP contribution < -0.4 is 0 Å². The average Bonchev–Trinajstić information content (AvgIpc) is 2.83. The van der Waals surface area contributed by atoms with Crippen molar-refractivity contribution in [3.63, 3.8) is 0 Å². The van der Waals surface area contributed by atoms with Crippen LogP contribution in [0.2, 0.25) is 0 Å². The highest BCUT2D eigenvalue weighted by Gasteiger charge is 2.30. The van der Waals surface area contributed by atoms with E-state index in [0.717, 1.165) is 11.7 Å². The normalized spacial score (nSPS) is 14.5. The summed E-state index contributed by atoms with van der Waals surface area (Å²) in [6.45, 7) is 5.11. The molecule has 0 amide bonds. The maximum absolute atomic E-state index is 11.9. The predicted octanol–water partition coefficient (Wildman–Crippen LogP) is 0.839. The Bertz CT molecular complexity index is 487. The van der Waals surface area contributed by atoms with Gasteiger partial charge in [0.1, 0.15) is 11.7 Å². The Morgan fingerprint density at radius 1 is 1.30 bits per heavy atom. The number of aromatic nitrogens is 1. The summed E-state index contributed by atoms with van der Waals surface area (Å²) in [7, 11) is 1.09. The van der Waals surface area contributed by atoms with Crippen LogP contribution in [-0.4, -0.2) is 45.7 Å². The van der Waals surface area contributed by atoms with Crippen LogP contribution in [-0.2, 0) is 14.3 Å². The molecule has 0 aliphatic carbocycles. The lowest BCUT2D eigenvalue weighted by Crippen LogP contribution is -2.33. The number of rotatable bonds is 3. The third-order valence-electron chi connectivity index (χ3n) is 2.42. The molecule has 1 aromatic heterocycles. The van der Waals surface area contributed by atoms with Crippen LogP contribution in [0.15, 0.2) is 18.3 Å². The number of methoxy groups -OCH3 is 1. The molecule has 0 saturated heterocycles. The number of hydrogen-bond donors (Lipinski definition) is 2. The molecule has 0 aliphatic rings. The second kappa shape index (κ2) is 6.06. The van der Waals surface area contributed by atoms with Crippen molar-refractivity contribution in [2.75, 3.05) is 7.11 Å². The van der Waals surface area contributed by atoms with Gasteiger partial charge in [-0.2, -0.15) is 0 Å². The molecule has 1 rings (SSSR count). The summed E-state index contributed by atoms with van der Waals surface area (Å²) in [5.41, 5.74) is -0.665. The zero-order chi connectivity index (χ0) is 15.5. The number of nitrogens with zero attached hydrogens (tertiary/aromatic N) is 1. The molecule has 7 nitrogen and oxygen atoms in total. The van der Waals surface area contributed by atoms with Crippen LogP contribution in [0.1, 0.15) is 32.6 Å². The minimum atomic E-state index is -1.78. The molecule has 20 heavy (non-hydrogen) atoms. The molecule has 1 aromatic rings. The molecule has 2 unspecified atom stereocenters. The van der Waals surface area contributed by atoms with E-state index in [-0.39, 0.29) is 5.69 Å². The minimum Gasteiger partial charge on any atom is -0.467 e. The Balaban J connectivity index is 2.96. The monoisotopic (exact) mass is 285 g/mol. The lowest BCUT2D eigenvalue weighted by atomic mass is 10.1. The van der Waals surface area contributed by atoms with E-state index in [1.54, 1.807) is 20.8 Å². The van der Waals surface area contributed by atoms with Gasteiger partial charge in [0.25, 0.3) is 0 Å². The quantitative estimate of drug-likeness (QED) is 0.799. The molecule has 0 fully saturated rings. The van der Waals surface area contributed by atoms with Gasteiger partial charge in [-0.15, -0.1) is 0 Å². The van der Waals surface area contributed by atoms with E-state index in [1.165, 1.54) is 18.3 Å². The lowest BCUT2D eigenvalue weighted by molar-refractivity contribution is -0.157. The second-order valence-corrected chi connectivity index (χ2v) is 5.20. The summed E-state index contributed by atoms with van der Waals surface area (Å²) < 4.78 is 10.5. The number of esters is 1. The van der Waals surface area contributed by atoms with Crippen molar-refractivity contribution in [1.82, 2.24) is 4.57 Å². The highest BCUT2D eigenvalue weighted by molar-refractivity contribution is 5.76. The molecule has 1 heterocycles. The van der Waals surface area contributed by atoms with Gasteiger partial charge in [-0.1, -0.05) is 0 Å². The molecular formula is C13H19NO6. The van der Waals surface area contributed by atoms with Gasteiger partial charge in [-0.25, -0.2) is 9.59 Å². The van der Waals surface area contributed by atoms with Crippen molar-refractivity contribution >= 4 is 12.1 Å². The highest BCUT2D eigenvalue weighted by Crippen LogP contribution is 2.20. The largest absolute Gasteiger partial charge is 0.467 e. The Labute approximate surface area is 116 Å². The summed E-state index contributed by atoms with van der Waals surface area (Å²) in [4.78, 5) is 23.1. The SMILES string of the molecule is COC(=O)C(O)C(O)c1cccn1C(=O)OC(C)(C)C. The third kappa shape index (κ3) is 3.82. The molecule has 2 N–H and O–H groups in total. The van der Waals surface area contributed by atoms with E-state index in [0.29, 0.717) is 0 Å². The smallest absolute Gasteiger partial charge is 0.418 e. The summed E-state index contributed by atoms with van der Waals surface area (Å²) in [5, 5.41) is 19.5. The van der Waals surface area contributed by atoms with Gasteiger partial charge in [-0.3, -0.25) is 4.57 Å². The summed E-state index contributed by atoms with van der Waals surface area (Å²) in [5.74, 6) is -0.991. The van der Waals surface area contributed by atoms with E-state index in [1.807, 2.05) is 0 Å². The number of carbonyl (C=O) groups excluding carboxylic acids is 2. The van der Waals surface area contributed by atoms with Crippen LogP contribution >= 0.6 is 0 Å². The fourth-order valence-electron chi connectivity index (χ4n) is 1.52. The molecule has 7 heteroatoms. The standard InChI is InChI=1S/C13H19NO6/c1-13(2,3)20-12(18)14-7-5-6-8(14)9(15)10(16)11(17)19-4/h5-7,9-10,15-16H,1-4H3. The van der Waals surface area contributed by atoms with Crippen LogP contribution in [0.5, 0.6) is 0 Å². The molecule has 2 atom stereocenters. The van der Waals surface area contributed by atoms with Gasteiger partial charge >= 0.3 is 12.1 Å². The number of aliphatic hydroxyl groups excluding tert-OH is 2. The molecule has 0 bridgehead atoms. The molecule has 0 saturated carbocycles. The molecular weight excluding hydrogens is 266 g/mol. The van der Waals surface area contributed by atoms with Gasteiger partial charge in [0.15, 0.2) is 6.10 Å². The zero-order valence-electron chi connectivity index (χ0n) is 11.9. The maximum atomic E-state index is 11.9. The van der Waals surface area contributed by atoms with E-state index in [9.17, 15) is 19.8 Å². The number of carbonyl (C=O) groups is 2. The third-order valence-corrected chi connectivity index (χ3v) is 2.42. The lowest BCUT2D eigenvalue weighted by Gasteiger charge is -2.22. The van der Waals surface area contributed by atoms with E-state index in [2.05, 4.69) is 4.74 Å². The first kappa shape index (κ1) is 16.2. The number of ether oxygens (including phenoxy) is 2. The van der Waals surface area contributed by atoms with Crippen LogP contribution in [0.4, 0.5) is 4.79 Å². The summed E-state index contributed by atoms with van der Waals surface area (Å²) in [6, 6.07) is 2.90. The van der Waals surface area contributed by atoms with Crippen molar-refractivity contribution in [3.05, 3.63) is 24.0 Å². The first-order valence-electron chi connectivity index (χ1n) is 6.02. The van der Waals surface area contributed by atoms with E-state index in [4.69, 9.17) is 4.74 Å². The first-order valence-corrected chi connectivity index (χ1v) is 6.02. The van der Waals surface area contributed by atoms with Crippen molar-refractivity contribution in [2.45, 2.75) is 38.6 Å². The van der Waals surface area contributed by atoms with Crippen molar-refractivity contribution in [2.24, 2.45) is 0 Å². The second-order valence-electron chi connectivity index (χ2n) is 5.20. The van der Waals surface area contributed by atoms with Crippen LogP contribution in [0, 0.1) is 0 Å². The Hall–Kier alpha value is -1.86. The Kier molecular flexibility index (Phi) is 4.91. The summed E-state index contributed by atoms with van der Waals surface area (Å²) >= 11 is 0. The van der Waals surface area contributed by atoms with Gasteiger partial charge < -0.3 is 19.7 Å². The van der Waals surface area contributed by atoms with E-state index < -0.39 is 29.9 Å². The highest BCUT2D eigenvalue weighted by atomic mass is 16.6. The Morgan fingerprint density at radius 3 is 2.40 bits per heavy atom. The minimum absolute atomic E-state index is 0.0390. The maximum Gasteiger partial charge on any atom is 0.418 e. The van der Waals surface area contributed by atoms with Crippen molar-refractivity contribution < 1.29 is 29.3 Å². The fraction of sp³-hybridized carbons (Fsp3) is 0.538. The molecule has 0 spiro atoms. The number of hydrogen-bond acceptors (Lipinski definition) is 6. The van der Waals surface area contributed by atoms with Crippen LogP contribution in [0.3, 0.4) is 0 Å². The van der Waals surface area contributed by atoms with Crippen molar-refractivity contribution in [1.29, 1.82) is 0 Å². The average molecular weight is 285 g/mol. The topological polar surface area (TPSA) is 98.0 Å². The number of aliphatic hydroxyl groups is 2. The zero-order valence-corrected chi connectivity index (χ0v) is 11.9. The van der Waals surface area contributed by atoms with Gasteiger partial charge in [0.2, 0.25) is 0 Å². The molecule has 0 aliphatic heterocycles. The van der Waals surface area contributed by atoms with Gasteiger partial charge in [0, 0.05) is 6.20 Å². The molecule has 0 aromatic carbocycles. The summed E-state index contributed by atoms with van der Waals surface area (Å²) in [6.07, 6.45) is -2.72. The fourth-order valence-corrected chi connectivity index (χ4v) is 1.52. The van der Waals surface area contributed by atoms with E-state index >= 15 is 0 Å². The van der Waals surface area contributed by atoms with Gasteiger partial charge in [0.05, 0.1) is 12.8 Å². The molecule has 0 radical (unpaired) electrons. The Morgan fingerprint density at radius 2 is 1.90 bits per heavy atom. The molecule has 112 valence electrons. The first-order chi connectivity index (χ1) is 9.17. The van der Waals surface area contributed by atoms with Crippen molar-refractivity contribution in [3.8, 4) is 0 Å². The predicted molar refractivity (Wildman–Crippen MR) is 69.0 cm³/mol. The van der Waals surface area contributed by atoms with Crippen LogP contribution in [0.25, 0.3) is 0 Å².